The molecule has 1 aromatic rings. The molecule has 1 saturated carbocycles. The molecule has 0 spiro atoms. The molecule has 1 aliphatic carbocycles. The maximum atomic E-state index is 10.9. The number of primary amides is 1. The topological polar surface area (TPSA) is 78.3 Å². The van der Waals surface area contributed by atoms with Gasteiger partial charge in [0.25, 0.3) is 0 Å². The Morgan fingerprint density at radius 2 is 1.89 bits per heavy atom. The minimum Gasteiger partial charge on any atom is -0.493 e. The smallest absolute Gasteiger partial charge is 0.248 e. The zero-order valence-electron chi connectivity index (χ0n) is 10.0. The molecule has 0 bridgehead atoms. The van der Waals surface area contributed by atoms with Crippen LogP contribution in [0.1, 0.15) is 29.6 Å². The van der Waals surface area contributed by atoms with Crippen molar-refractivity contribution < 1.29 is 9.53 Å². The summed E-state index contributed by atoms with van der Waals surface area (Å²) >= 11 is 4.93. The van der Waals surface area contributed by atoms with Gasteiger partial charge < -0.3 is 16.2 Å². The maximum Gasteiger partial charge on any atom is 0.248 e. The lowest BCUT2D eigenvalue weighted by atomic mass is 10.0. The van der Waals surface area contributed by atoms with Crippen LogP contribution >= 0.6 is 12.2 Å². The fourth-order valence-electron chi connectivity index (χ4n) is 1.87. The summed E-state index contributed by atoms with van der Waals surface area (Å²) in [6, 6.07) is 6.81. The molecule has 1 aliphatic rings. The second-order valence-electron chi connectivity index (χ2n) is 4.82. The second kappa shape index (κ2) is 4.94. The van der Waals surface area contributed by atoms with Crippen LogP contribution in [0.25, 0.3) is 0 Å². The molecule has 18 heavy (non-hydrogen) atoms. The van der Waals surface area contributed by atoms with E-state index in [1.165, 1.54) is 0 Å². The molecular formula is C13H16N2O2S. The van der Waals surface area contributed by atoms with Gasteiger partial charge in [-0.05, 0) is 37.1 Å². The van der Waals surface area contributed by atoms with Crippen molar-refractivity contribution in [3.05, 3.63) is 29.8 Å². The van der Waals surface area contributed by atoms with E-state index in [0.717, 1.165) is 25.0 Å². The summed E-state index contributed by atoms with van der Waals surface area (Å²) < 4.78 is 5.70. The Labute approximate surface area is 111 Å². The molecule has 0 heterocycles. The van der Waals surface area contributed by atoms with Crippen molar-refractivity contribution in [1.82, 2.24) is 0 Å². The molecule has 0 unspecified atom stereocenters. The average Bonchev–Trinajstić information content (AvgIpc) is 3.06. The number of ether oxygens (including phenoxy) is 1. The van der Waals surface area contributed by atoms with Gasteiger partial charge in [0.2, 0.25) is 5.91 Å². The highest BCUT2D eigenvalue weighted by molar-refractivity contribution is 7.80. The predicted molar refractivity (Wildman–Crippen MR) is 73.5 cm³/mol. The van der Waals surface area contributed by atoms with Gasteiger partial charge in [-0.15, -0.1) is 0 Å². The Balaban J connectivity index is 1.90. The molecule has 0 atom stereocenters. The first-order chi connectivity index (χ1) is 8.51. The number of carbonyl (C=O) groups is 1. The van der Waals surface area contributed by atoms with Crippen molar-refractivity contribution in [3.63, 3.8) is 0 Å². The van der Waals surface area contributed by atoms with Gasteiger partial charge in [0, 0.05) is 17.4 Å². The first-order valence-corrected chi connectivity index (χ1v) is 6.23. The molecule has 1 fully saturated rings. The van der Waals surface area contributed by atoms with Crippen LogP contribution in [0.4, 0.5) is 0 Å². The summed E-state index contributed by atoms with van der Waals surface area (Å²) in [5.41, 5.74) is 11.3. The monoisotopic (exact) mass is 264 g/mol. The fraction of sp³-hybridized carbons (Fsp3) is 0.385. The largest absolute Gasteiger partial charge is 0.493 e. The molecule has 0 aromatic heterocycles. The van der Waals surface area contributed by atoms with Crippen LogP contribution < -0.4 is 16.2 Å². The zero-order valence-corrected chi connectivity index (χ0v) is 10.8. The molecule has 4 nitrogen and oxygen atoms in total. The van der Waals surface area contributed by atoms with E-state index in [-0.39, 0.29) is 5.41 Å². The van der Waals surface area contributed by atoms with E-state index in [1.54, 1.807) is 24.3 Å². The van der Waals surface area contributed by atoms with E-state index >= 15 is 0 Å². The molecular weight excluding hydrogens is 248 g/mol. The van der Waals surface area contributed by atoms with Crippen molar-refractivity contribution in [2.24, 2.45) is 16.9 Å². The molecule has 0 aliphatic heterocycles. The summed E-state index contributed by atoms with van der Waals surface area (Å²) in [6.07, 6.45) is 2.94. The van der Waals surface area contributed by atoms with Crippen molar-refractivity contribution in [1.29, 1.82) is 0 Å². The molecule has 5 heteroatoms. The normalized spacial score (nSPS) is 16.0. The van der Waals surface area contributed by atoms with E-state index in [2.05, 4.69) is 0 Å². The summed E-state index contributed by atoms with van der Waals surface area (Å²) in [6.45, 7) is 0.611. The first kappa shape index (κ1) is 12.8. The van der Waals surface area contributed by atoms with Gasteiger partial charge >= 0.3 is 0 Å². The lowest BCUT2D eigenvalue weighted by Crippen LogP contribution is -2.21. The number of amides is 1. The van der Waals surface area contributed by atoms with Gasteiger partial charge in [0.15, 0.2) is 0 Å². The van der Waals surface area contributed by atoms with Gasteiger partial charge in [-0.1, -0.05) is 12.2 Å². The molecule has 96 valence electrons. The standard InChI is InChI=1S/C13H16N2O2S/c14-11(18)7-13(5-6-13)8-17-10-3-1-9(2-4-10)12(15)16/h1-4H,5-8H2,(H2,14,18)(H2,15,16). The van der Waals surface area contributed by atoms with Gasteiger partial charge in [-0.3, -0.25) is 4.79 Å². The number of benzene rings is 1. The van der Waals surface area contributed by atoms with Crippen LogP contribution in [-0.2, 0) is 0 Å². The van der Waals surface area contributed by atoms with Crippen LogP contribution in [0.15, 0.2) is 24.3 Å². The Hall–Kier alpha value is -1.62. The molecule has 0 saturated heterocycles. The third-order valence-electron chi connectivity index (χ3n) is 3.19. The van der Waals surface area contributed by atoms with Crippen LogP contribution in [0.3, 0.4) is 0 Å². The van der Waals surface area contributed by atoms with E-state index in [0.29, 0.717) is 17.2 Å². The van der Waals surface area contributed by atoms with Crippen LogP contribution in [-0.4, -0.2) is 17.5 Å². The van der Waals surface area contributed by atoms with Crippen LogP contribution in [0.2, 0.25) is 0 Å². The van der Waals surface area contributed by atoms with Crippen molar-refractivity contribution in [2.75, 3.05) is 6.61 Å². The maximum absolute atomic E-state index is 10.9. The van der Waals surface area contributed by atoms with Crippen molar-refractivity contribution >= 4 is 23.1 Å². The average molecular weight is 264 g/mol. The molecule has 1 aromatic carbocycles. The minimum absolute atomic E-state index is 0.133. The first-order valence-electron chi connectivity index (χ1n) is 5.82. The number of carbonyl (C=O) groups excluding carboxylic acids is 1. The van der Waals surface area contributed by atoms with E-state index in [9.17, 15) is 4.79 Å². The highest BCUT2D eigenvalue weighted by Gasteiger charge is 2.43. The number of nitrogens with two attached hydrogens (primary N) is 2. The summed E-state index contributed by atoms with van der Waals surface area (Å²) in [5, 5.41) is 0. The third-order valence-corrected chi connectivity index (χ3v) is 3.33. The summed E-state index contributed by atoms with van der Waals surface area (Å²) in [4.78, 5) is 11.5. The van der Waals surface area contributed by atoms with E-state index in [4.69, 9.17) is 28.4 Å². The quantitative estimate of drug-likeness (QED) is 0.765. The van der Waals surface area contributed by atoms with Gasteiger partial charge in [-0.25, -0.2) is 0 Å². The highest BCUT2D eigenvalue weighted by Crippen LogP contribution is 2.48. The second-order valence-corrected chi connectivity index (χ2v) is 5.34. The summed E-state index contributed by atoms with van der Waals surface area (Å²) in [7, 11) is 0. The molecule has 4 N–H and O–H groups in total. The number of hydrogen-bond donors (Lipinski definition) is 2. The molecule has 2 rings (SSSR count). The van der Waals surface area contributed by atoms with Crippen LogP contribution in [0, 0.1) is 5.41 Å². The third kappa shape index (κ3) is 3.20. The minimum atomic E-state index is -0.436. The Morgan fingerprint density at radius 1 is 1.28 bits per heavy atom. The van der Waals surface area contributed by atoms with Crippen molar-refractivity contribution in [2.45, 2.75) is 19.3 Å². The van der Waals surface area contributed by atoms with Crippen molar-refractivity contribution in [3.8, 4) is 5.75 Å². The predicted octanol–water partition coefficient (Wildman–Crippen LogP) is 1.62. The zero-order chi connectivity index (χ0) is 13.2. The SMILES string of the molecule is NC(=O)c1ccc(OCC2(CC(N)=S)CC2)cc1. The van der Waals surface area contributed by atoms with Gasteiger partial charge in [0.1, 0.15) is 5.75 Å². The van der Waals surface area contributed by atoms with E-state index < -0.39 is 5.91 Å². The summed E-state index contributed by atoms with van der Waals surface area (Å²) in [5.74, 6) is 0.294. The lowest BCUT2D eigenvalue weighted by molar-refractivity contribution is 0.1000. The molecule has 0 radical (unpaired) electrons. The molecule has 1 amide bonds. The fourth-order valence-corrected chi connectivity index (χ4v) is 2.18. The Bertz CT molecular complexity index is 466. The number of rotatable bonds is 6. The van der Waals surface area contributed by atoms with Gasteiger partial charge in [-0.2, -0.15) is 0 Å². The Morgan fingerprint density at radius 3 is 2.33 bits per heavy atom. The number of hydrogen-bond acceptors (Lipinski definition) is 3. The Kier molecular flexibility index (Phi) is 3.52. The lowest BCUT2D eigenvalue weighted by Gasteiger charge is -2.15. The number of thiocarbonyl (C=S) groups is 1. The van der Waals surface area contributed by atoms with E-state index in [1.807, 2.05) is 0 Å². The van der Waals surface area contributed by atoms with Crippen LogP contribution in [0.5, 0.6) is 5.75 Å². The highest BCUT2D eigenvalue weighted by atomic mass is 32.1. The van der Waals surface area contributed by atoms with Gasteiger partial charge in [0.05, 0.1) is 11.6 Å².